The number of nitrogens with zero attached hydrogens (tertiary/aromatic N) is 3. The first-order valence-electron chi connectivity index (χ1n) is 6.84. The zero-order valence-electron chi connectivity index (χ0n) is 12.3. The van der Waals surface area contributed by atoms with Gasteiger partial charge in [-0.3, -0.25) is 14.7 Å². The van der Waals surface area contributed by atoms with Gasteiger partial charge in [0, 0.05) is 25.0 Å². The number of hydrogen-bond donors (Lipinski definition) is 0. The summed E-state index contributed by atoms with van der Waals surface area (Å²) >= 11 is 10.6. The third kappa shape index (κ3) is 3.63. The van der Waals surface area contributed by atoms with Crippen LogP contribution in [0.1, 0.15) is 5.76 Å². The van der Waals surface area contributed by atoms with Crippen LogP contribution >= 0.6 is 39.3 Å². The highest BCUT2D eigenvalue weighted by Crippen LogP contribution is 2.35. The third-order valence-electron chi connectivity index (χ3n) is 3.03. The smallest absolute Gasteiger partial charge is 0.267 e. The molecule has 0 bridgehead atoms. The number of amides is 1. The van der Waals surface area contributed by atoms with Crippen LogP contribution in [0, 0.1) is 0 Å². The van der Waals surface area contributed by atoms with Crippen LogP contribution in [-0.4, -0.2) is 27.5 Å². The molecule has 1 saturated heterocycles. The Kier molecular flexibility index (Phi) is 5.23. The molecule has 1 fully saturated rings. The largest absolute Gasteiger partial charge is 0.450 e. The van der Waals surface area contributed by atoms with Gasteiger partial charge in [0.1, 0.15) is 5.76 Å². The quantitative estimate of drug-likeness (QED) is 0.518. The van der Waals surface area contributed by atoms with Gasteiger partial charge in [-0.25, -0.2) is 4.99 Å². The van der Waals surface area contributed by atoms with E-state index in [9.17, 15) is 4.79 Å². The molecule has 0 unspecified atom stereocenters. The highest BCUT2D eigenvalue weighted by atomic mass is 79.9. The molecule has 0 aromatic carbocycles. The van der Waals surface area contributed by atoms with Gasteiger partial charge < -0.3 is 4.42 Å². The molecule has 24 heavy (non-hydrogen) atoms. The van der Waals surface area contributed by atoms with Crippen molar-refractivity contribution in [2.75, 3.05) is 6.54 Å². The summed E-state index contributed by atoms with van der Waals surface area (Å²) in [6, 6.07) is 5.24. The number of hydrogen-bond acceptors (Lipinski definition) is 5. The molecule has 1 amide bonds. The number of pyridine rings is 1. The van der Waals surface area contributed by atoms with Crippen molar-refractivity contribution >= 4 is 62.1 Å². The predicted molar refractivity (Wildman–Crippen MR) is 100 cm³/mol. The van der Waals surface area contributed by atoms with Crippen molar-refractivity contribution in [1.82, 2.24) is 9.88 Å². The summed E-state index contributed by atoms with van der Waals surface area (Å²) in [4.78, 5) is 23.1. The summed E-state index contributed by atoms with van der Waals surface area (Å²) in [5.74, 6) is 0.427. The second-order valence-electron chi connectivity index (χ2n) is 4.68. The molecule has 0 radical (unpaired) electrons. The Morgan fingerprint density at radius 1 is 1.46 bits per heavy atom. The predicted octanol–water partition coefficient (Wildman–Crippen LogP) is 4.88. The highest BCUT2D eigenvalue weighted by Gasteiger charge is 2.33. The van der Waals surface area contributed by atoms with Gasteiger partial charge in [0.05, 0.1) is 15.6 Å². The molecule has 0 spiro atoms. The van der Waals surface area contributed by atoms with Gasteiger partial charge in [-0.05, 0) is 45.9 Å². The van der Waals surface area contributed by atoms with Crippen LogP contribution in [0.5, 0.6) is 0 Å². The van der Waals surface area contributed by atoms with Crippen molar-refractivity contribution in [1.29, 1.82) is 0 Å². The van der Waals surface area contributed by atoms with Crippen LogP contribution in [0.2, 0.25) is 5.02 Å². The van der Waals surface area contributed by atoms with Crippen LogP contribution < -0.4 is 0 Å². The number of carbonyl (C=O) groups excluding carboxylic acids is 1. The molecule has 3 heterocycles. The Hall–Kier alpha value is -1.83. The molecule has 0 aliphatic carbocycles. The van der Waals surface area contributed by atoms with E-state index in [1.54, 1.807) is 36.5 Å². The minimum atomic E-state index is -0.156. The Bertz CT molecular complexity index is 863. The molecule has 3 rings (SSSR count). The van der Waals surface area contributed by atoms with Crippen molar-refractivity contribution < 1.29 is 9.21 Å². The molecular weight excluding hydrogens is 414 g/mol. The summed E-state index contributed by atoms with van der Waals surface area (Å²) < 4.78 is 6.03. The fourth-order valence-electron chi connectivity index (χ4n) is 1.98. The van der Waals surface area contributed by atoms with Crippen molar-refractivity contribution in [3.8, 4) is 0 Å². The Morgan fingerprint density at radius 2 is 2.29 bits per heavy atom. The Morgan fingerprint density at radius 3 is 2.96 bits per heavy atom. The SMILES string of the molecule is C=CCN1C(=O)/C(=C\c2ccc(Br)o2)SC1=Nc1ccncc1Cl. The van der Waals surface area contributed by atoms with E-state index < -0.39 is 0 Å². The summed E-state index contributed by atoms with van der Waals surface area (Å²) in [6.07, 6.45) is 6.44. The molecule has 1 aliphatic rings. The lowest BCUT2D eigenvalue weighted by atomic mass is 10.3. The fraction of sp³-hybridized carbons (Fsp3) is 0.0625. The summed E-state index contributed by atoms with van der Waals surface area (Å²) in [7, 11) is 0. The van der Waals surface area contributed by atoms with E-state index in [2.05, 4.69) is 32.5 Å². The van der Waals surface area contributed by atoms with E-state index in [4.69, 9.17) is 16.0 Å². The molecule has 122 valence electrons. The lowest BCUT2D eigenvalue weighted by Crippen LogP contribution is -2.29. The number of aliphatic imine (C=N–C) groups is 1. The molecule has 2 aromatic rings. The standard InChI is InChI=1S/C16H11BrClN3O2S/c1-2-7-21-15(22)13(8-10-3-4-14(17)23-10)24-16(21)20-12-5-6-19-9-11(12)18/h2-6,8-9H,1,7H2/b13-8+,20-16?. The average Bonchev–Trinajstić information content (AvgIpc) is 3.09. The first kappa shape index (κ1) is 17.0. The lowest BCUT2D eigenvalue weighted by molar-refractivity contribution is -0.121. The topological polar surface area (TPSA) is 58.7 Å². The van der Waals surface area contributed by atoms with E-state index in [0.717, 1.165) is 0 Å². The zero-order chi connectivity index (χ0) is 17.1. The van der Waals surface area contributed by atoms with Gasteiger partial charge >= 0.3 is 0 Å². The third-order valence-corrected chi connectivity index (χ3v) is 4.76. The highest BCUT2D eigenvalue weighted by molar-refractivity contribution is 9.10. The molecule has 8 heteroatoms. The molecule has 0 atom stereocenters. The fourth-order valence-corrected chi connectivity index (χ4v) is 3.44. The molecule has 5 nitrogen and oxygen atoms in total. The number of carbonyl (C=O) groups is 1. The first-order chi connectivity index (χ1) is 11.6. The summed E-state index contributed by atoms with van der Waals surface area (Å²) in [6.45, 7) is 4.05. The maximum Gasteiger partial charge on any atom is 0.267 e. The van der Waals surface area contributed by atoms with E-state index in [1.807, 2.05) is 0 Å². The van der Waals surface area contributed by atoms with Gasteiger partial charge in [0.25, 0.3) is 5.91 Å². The maximum atomic E-state index is 12.6. The molecule has 0 N–H and O–H groups in total. The number of furan rings is 1. The maximum absolute atomic E-state index is 12.6. The van der Waals surface area contributed by atoms with E-state index in [1.165, 1.54) is 22.9 Å². The molecule has 1 aliphatic heterocycles. The van der Waals surface area contributed by atoms with Crippen LogP contribution in [0.15, 0.2) is 62.2 Å². The normalized spacial score (nSPS) is 17.9. The summed E-state index contributed by atoms with van der Waals surface area (Å²) in [5.41, 5.74) is 0.554. The van der Waals surface area contributed by atoms with Gasteiger partial charge in [0.2, 0.25) is 0 Å². The van der Waals surface area contributed by atoms with E-state index in [-0.39, 0.29) is 5.91 Å². The molecular formula is C16H11BrClN3O2S. The van der Waals surface area contributed by atoms with Crippen molar-refractivity contribution in [2.45, 2.75) is 0 Å². The van der Waals surface area contributed by atoms with Crippen molar-refractivity contribution in [3.05, 3.63) is 63.6 Å². The van der Waals surface area contributed by atoms with Crippen molar-refractivity contribution in [2.24, 2.45) is 4.99 Å². The molecule has 2 aromatic heterocycles. The van der Waals surface area contributed by atoms with Crippen LogP contribution in [0.4, 0.5) is 5.69 Å². The van der Waals surface area contributed by atoms with Gasteiger partial charge in [-0.2, -0.15) is 0 Å². The Balaban J connectivity index is 1.97. The zero-order valence-corrected chi connectivity index (χ0v) is 15.4. The number of halogens is 2. The average molecular weight is 425 g/mol. The number of rotatable bonds is 4. The van der Waals surface area contributed by atoms with Gasteiger partial charge in [0.15, 0.2) is 9.84 Å². The first-order valence-corrected chi connectivity index (χ1v) is 8.83. The second-order valence-corrected chi connectivity index (χ2v) is 6.88. The Labute approximate surface area is 156 Å². The second kappa shape index (κ2) is 7.38. The minimum absolute atomic E-state index is 0.156. The van der Waals surface area contributed by atoms with Crippen molar-refractivity contribution in [3.63, 3.8) is 0 Å². The summed E-state index contributed by atoms with van der Waals surface area (Å²) in [5, 5.41) is 0.953. The minimum Gasteiger partial charge on any atom is -0.450 e. The van der Waals surface area contributed by atoms with Crippen LogP contribution in [0.3, 0.4) is 0 Å². The van der Waals surface area contributed by atoms with Crippen LogP contribution in [0.25, 0.3) is 6.08 Å². The van der Waals surface area contributed by atoms with E-state index in [0.29, 0.717) is 37.8 Å². The van der Waals surface area contributed by atoms with Gasteiger partial charge in [-0.15, -0.1) is 6.58 Å². The van der Waals surface area contributed by atoms with Crippen LogP contribution in [-0.2, 0) is 4.79 Å². The number of aromatic nitrogens is 1. The monoisotopic (exact) mass is 423 g/mol. The number of amidine groups is 1. The van der Waals surface area contributed by atoms with E-state index >= 15 is 0 Å². The van der Waals surface area contributed by atoms with Gasteiger partial charge in [-0.1, -0.05) is 17.7 Å². The lowest BCUT2D eigenvalue weighted by Gasteiger charge is -2.12. The number of thioether (sulfide) groups is 1. The molecule has 0 saturated carbocycles.